The largest absolute Gasteiger partial charge is 0.493 e. The summed E-state index contributed by atoms with van der Waals surface area (Å²) in [6, 6.07) is 10.9. The minimum Gasteiger partial charge on any atom is -0.493 e. The van der Waals surface area contributed by atoms with Crippen molar-refractivity contribution >= 4 is 11.9 Å². The minimum absolute atomic E-state index is 0.0859. The number of aryl methyl sites for hydroxylation is 1. The molecular weight excluding hydrogens is 364 g/mol. The lowest BCUT2D eigenvalue weighted by molar-refractivity contribution is 0.104. The van der Waals surface area contributed by atoms with E-state index in [-0.39, 0.29) is 5.78 Å². The normalized spacial score (nSPS) is 10.8. The smallest absolute Gasteiger partial charge is 0.185 e. The van der Waals surface area contributed by atoms with Gasteiger partial charge in [0.1, 0.15) is 17.2 Å². The zero-order valence-electron chi connectivity index (χ0n) is 17.8. The predicted molar refractivity (Wildman–Crippen MR) is 118 cm³/mol. The second-order valence-corrected chi connectivity index (χ2v) is 6.88. The van der Waals surface area contributed by atoms with E-state index in [4.69, 9.17) is 14.2 Å². The Morgan fingerprint density at radius 2 is 1.62 bits per heavy atom. The number of ether oxygens (including phenoxy) is 3. The molecule has 29 heavy (non-hydrogen) atoms. The average molecular weight is 395 g/mol. The van der Waals surface area contributed by atoms with Crippen molar-refractivity contribution in [1.82, 2.24) is 0 Å². The van der Waals surface area contributed by atoms with E-state index < -0.39 is 0 Å². The van der Waals surface area contributed by atoms with Crippen molar-refractivity contribution in [3.63, 3.8) is 0 Å². The van der Waals surface area contributed by atoms with Gasteiger partial charge in [-0.05, 0) is 74.7 Å². The lowest BCUT2D eigenvalue weighted by Gasteiger charge is -2.14. The molecule has 4 nitrogen and oxygen atoms in total. The molecule has 0 atom stereocenters. The zero-order valence-corrected chi connectivity index (χ0v) is 17.8. The maximum atomic E-state index is 12.6. The van der Waals surface area contributed by atoms with E-state index in [0.717, 1.165) is 35.5 Å². The molecule has 0 spiro atoms. The molecule has 0 fully saturated rings. The van der Waals surface area contributed by atoms with E-state index in [1.165, 1.54) is 0 Å². The van der Waals surface area contributed by atoms with Crippen LogP contribution >= 0.6 is 0 Å². The van der Waals surface area contributed by atoms with Crippen molar-refractivity contribution in [2.24, 2.45) is 0 Å². The van der Waals surface area contributed by atoms with Crippen LogP contribution in [0.25, 0.3) is 6.08 Å². The molecule has 0 aliphatic carbocycles. The van der Waals surface area contributed by atoms with Gasteiger partial charge in [-0.2, -0.15) is 0 Å². The van der Waals surface area contributed by atoms with Gasteiger partial charge in [0.15, 0.2) is 5.78 Å². The summed E-state index contributed by atoms with van der Waals surface area (Å²) in [7, 11) is 0. The molecule has 0 radical (unpaired) electrons. The number of carbonyl (C=O) groups excluding carboxylic acids is 1. The minimum atomic E-state index is -0.0859. The fourth-order valence-corrected chi connectivity index (χ4v) is 2.68. The fraction of sp³-hybridized carbons (Fsp3) is 0.320. The second-order valence-electron chi connectivity index (χ2n) is 6.88. The van der Waals surface area contributed by atoms with Gasteiger partial charge in [-0.25, -0.2) is 0 Å². The van der Waals surface area contributed by atoms with Gasteiger partial charge < -0.3 is 14.2 Å². The van der Waals surface area contributed by atoms with E-state index in [1.807, 2.05) is 19.1 Å². The van der Waals surface area contributed by atoms with Crippen molar-refractivity contribution in [1.29, 1.82) is 0 Å². The maximum absolute atomic E-state index is 12.6. The molecule has 154 valence electrons. The molecule has 0 bridgehead atoms. The van der Waals surface area contributed by atoms with Gasteiger partial charge in [-0.1, -0.05) is 20.4 Å². The lowest BCUT2D eigenvalue weighted by Crippen LogP contribution is -2.02. The number of rotatable bonds is 11. The molecule has 2 aromatic carbocycles. The van der Waals surface area contributed by atoms with Gasteiger partial charge >= 0.3 is 0 Å². The Morgan fingerprint density at radius 3 is 2.21 bits per heavy atom. The van der Waals surface area contributed by atoms with Crippen LogP contribution in [-0.4, -0.2) is 19.0 Å². The first kappa shape index (κ1) is 22.3. The molecule has 0 saturated carbocycles. The number of hydrogen-bond acceptors (Lipinski definition) is 4. The quantitative estimate of drug-likeness (QED) is 0.252. The third-order valence-corrected chi connectivity index (χ3v) is 4.08. The van der Waals surface area contributed by atoms with Gasteiger partial charge in [0.2, 0.25) is 0 Å². The molecule has 0 aromatic heterocycles. The molecule has 0 N–H and O–H groups in total. The number of allylic oxidation sites excluding steroid dienone is 2. The van der Waals surface area contributed by atoms with Crippen LogP contribution in [0, 0.1) is 6.92 Å². The Hall–Kier alpha value is -3.01. The highest BCUT2D eigenvalue weighted by Gasteiger charge is 2.09. The Morgan fingerprint density at radius 1 is 1.00 bits per heavy atom. The molecule has 4 heteroatoms. The molecule has 0 aliphatic heterocycles. The number of benzene rings is 2. The van der Waals surface area contributed by atoms with Crippen LogP contribution in [0.15, 0.2) is 54.8 Å². The molecule has 0 saturated heterocycles. The van der Waals surface area contributed by atoms with Crippen LogP contribution < -0.4 is 14.2 Å². The first-order valence-electron chi connectivity index (χ1n) is 10.0. The zero-order chi connectivity index (χ0) is 21.2. The van der Waals surface area contributed by atoms with Gasteiger partial charge in [-0.15, -0.1) is 0 Å². The van der Waals surface area contributed by atoms with E-state index in [2.05, 4.69) is 20.4 Å². The Bertz CT molecular complexity index is 863. The summed E-state index contributed by atoms with van der Waals surface area (Å²) in [6.45, 7) is 12.9. The van der Waals surface area contributed by atoms with Gasteiger partial charge in [0, 0.05) is 17.2 Å². The second kappa shape index (κ2) is 11.1. The topological polar surface area (TPSA) is 44.8 Å². The Labute approximate surface area is 173 Å². The third-order valence-electron chi connectivity index (χ3n) is 4.08. The SMILES string of the molecule is C=C(C)Oc1ccc(C(=O)C=Cc2cc(C)c(OCCC)cc2OCCC)cc1. The van der Waals surface area contributed by atoms with Crippen LogP contribution in [0.4, 0.5) is 0 Å². The van der Waals surface area contributed by atoms with Crippen LogP contribution in [0.2, 0.25) is 0 Å². The van der Waals surface area contributed by atoms with Crippen molar-refractivity contribution < 1.29 is 19.0 Å². The summed E-state index contributed by atoms with van der Waals surface area (Å²) in [6.07, 6.45) is 5.20. The molecule has 0 unspecified atom stereocenters. The van der Waals surface area contributed by atoms with Gasteiger partial charge in [0.25, 0.3) is 0 Å². The summed E-state index contributed by atoms with van der Waals surface area (Å²) >= 11 is 0. The molecule has 2 rings (SSSR count). The van der Waals surface area contributed by atoms with Crippen LogP contribution in [0.1, 0.15) is 55.1 Å². The molecule has 0 heterocycles. The Kier molecular flexibility index (Phi) is 8.53. The number of ketones is 1. The predicted octanol–water partition coefficient (Wildman–Crippen LogP) is 6.38. The molecule has 2 aromatic rings. The van der Waals surface area contributed by atoms with Crippen LogP contribution in [0.3, 0.4) is 0 Å². The lowest BCUT2D eigenvalue weighted by atomic mass is 10.1. The third kappa shape index (κ3) is 6.83. The van der Waals surface area contributed by atoms with Crippen molar-refractivity contribution in [2.45, 2.75) is 40.5 Å². The van der Waals surface area contributed by atoms with Crippen molar-refractivity contribution in [3.8, 4) is 17.2 Å². The number of carbonyl (C=O) groups is 1. The summed E-state index contributed by atoms with van der Waals surface area (Å²) < 4.78 is 17.1. The van der Waals surface area contributed by atoms with E-state index in [9.17, 15) is 4.79 Å². The first-order valence-corrected chi connectivity index (χ1v) is 10.0. The van der Waals surface area contributed by atoms with E-state index >= 15 is 0 Å². The molecular formula is C25H30O4. The average Bonchev–Trinajstić information content (AvgIpc) is 2.70. The van der Waals surface area contributed by atoms with Crippen LogP contribution in [0.5, 0.6) is 17.2 Å². The summed E-state index contributed by atoms with van der Waals surface area (Å²) in [5, 5.41) is 0. The molecule has 0 aliphatic rings. The maximum Gasteiger partial charge on any atom is 0.185 e. The highest BCUT2D eigenvalue weighted by Crippen LogP contribution is 2.30. The highest BCUT2D eigenvalue weighted by molar-refractivity contribution is 6.07. The van der Waals surface area contributed by atoms with E-state index in [1.54, 1.807) is 43.3 Å². The van der Waals surface area contributed by atoms with E-state index in [0.29, 0.717) is 30.3 Å². The summed E-state index contributed by atoms with van der Waals surface area (Å²) in [5.74, 6) is 2.71. The van der Waals surface area contributed by atoms with Gasteiger partial charge in [0.05, 0.1) is 19.0 Å². The molecule has 0 amide bonds. The summed E-state index contributed by atoms with van der Waals surface area (Å²) in [4.78, 5) is 12.6. The van der Waals surface area contributed by atoms with Crippen molar-refractivity contribution in [3.05, 3.63) is 71.5 Å². The number of hydrogen-bond donors (Lipinski definition) is 0. The Balaban J connectivity index is 2.21. The van der Waals surface area contributed by atoms with Crippen molar-refractivity contribution in [2.75, 3.05) is 13.2 Å². The first-order chi connectivity index (χ1) is 13.9. The van der Waals surface area contributed by atoms with Crippen LogP contribution in [-0.2, 0) is 0 Å². The standard InChI is InChI=1S/C25H30O4/c1-6-14-27-24-17-25(28-15-7-2)21(16-19(24)5)10-13-23(26)20-8-11-22(12-9-20)29-18(3)4/h8-13,16-17H,3,6-7,14-15H2,1-2,4-5H3. The highest BCUT2D eigenvalue weighted by atomic mass is 16.5. The van der Waals surface area contributed by atoms with Gasteiger partial charge in [-0.3, -0.25) is 4.79 Å². The fourth-order valence-electron chi connectivity index (χ4n) is 2.68. The summed E-state index contributed by atoms with van der Waals surface area (Å²) in [5.41, 5.74) is 2.46. The monoisotopic (exact) mass is 394 g/mol.